The lowest BCUT2D eigenvalue weighted by Crippen LogP contribution is -2.45. The summed E-state index contributed by atoms with van der Waals surface area (Å²) in [5.74, 6) is 0. The number of nitrogens with zero attached hydrogens (tertiary/aromatic N) is 1. The number of para-hydroxylation sites is 1. The number of anilines is 3. The maximum Gasteiger partial charge on any atom is 0.0643 e. The molecule has 7 aromatic rings. The molecular weight excluding hydrogens is 645 g/mol. The highest BCUT2D eigenvalue weighted by molar-refractivity contribution is 8.27. The molecule has 1 nitrogen and oxygen atoms in total. The first-order chi connectivity index (χ1) is 23.1. The fraction of sp³-hybridized carbons (Fsp3) is 0. The molecule has 0 N–H and O–H groups in total. The number of hydrogen-bond donors (Lipinski definition) is 0. The van der Waals surface area contributed by atoms with Gasteiger partial charge in [-0.1, -0.05) is 187 Å². The third-order valence-corrected chi connectivity index (χ3v) is 19.3. The number of benzene rings is 7. The Morgan fingerprint density at radius 2 is 0.723 bits per heavy atom. The van der Waals surface area contributed by atoms with E-state index in [0.717, 1.165) is 11.4 Å². The lowest BCUT2D eigenvalue weighted by Gasteiger charge is -2.47. The van der Waals surface area contributed by atoms with Crippen molar-refractivity contribution in [1.29, 1.82) is 0 Å². The predicted octanol–water partition coefficient (Wildman–Crippen LogP) is 8.63. The quantitative estimate of drug-likeness (QED) is 0.172. The summed E-state index contributed by atoms with van der Waals surface area (Å²) in [5, 5.41) is 7.28. The zero-order chi connectivity index (χ0) is 31.6. The van der Waals surface area contributed by atoms with Crippen LogP contribution in [0.15, 0.2) is 176 Å². The molecule has 0 saturated carbocycles. The average molecular weight is 674 g/mol. The molecule has 2 heterocycles. The van der Waals surface area contributed by atoms with E-state index < -0.39 is 12.1 Å². The van der Waals surface area contributed by atoms with Crippen molar-refractivity contribution in [2.45, 2.75) is 0 Å². The van der Waals surface area contributed by atoms with Crippen molar-refractivity contribution in [2.24, 2.45) is 0 Å². The fourth-order valence-corrected chi connectivity index (χ4v) is 15.9. The molecule has 2 aliphatic rings. The Bertz CT molecular complexity index is 2240. The largest absolute Gasteiger partial charge is 0.308 e. The van der Waals surface area contributed by atoms with Crippen molar-refractivity contribution >= 4 is 84.6 Å². The van der Waals surface area contributed by atoms with E-state index in [1.807, 2.05) is 0 Å². The zero-order valence-corrected chi connectivity index (χ0v) is 28.8. The molecule has 0 fully saturated rings. The highest BCUT2D eigenvalue weighted by Gasteiger charge is 2.46. The third-order valence-electron chi connectivity index (χ3n) is 9.46. The summed E-state index contributed by atoms with van der Waals surface area (Å²) < 4.78 is 0. The molecular formula is C42H29NP2S2. The van der Waals surface area contributed by atoms with Gasteiger partial charge in [0.1, 0.15) is 0 Å². The first kappa shape index (κ1) is 28.8. The maximum atomic E-state index is 7.03. The Morgan fingerprint density at radius 3 is 1.13 bits per heavy atom. The van der Waals surface area contributed by atoms with Crippen LogP contribution in [0.5, 0.6) is 0 Å². The zero-order valence-electron chi connectivity index (χ0n) is 25.4. The van der Waals surface area contributed by atoms with E-state index in [0.29, 0.717) is 0 Å². The van der Waals surface area contributed by atoms with Gasteiger partial charge in [-0.15, -0.1) is 0 Å². The van der Waals surface area contributed by atoms with Crippen LogP contribution in [0.4, 0.5) is 17.1 Å². The lowest BCUT2D eigenvalue weighted by molar-refractivity contribution is 1.31. The highest BCUT2D eigenvalue weighted by atomic mass is 32.4. The summed E-state index contributed by atoms with van der Waals surface area (Å²) in [7, 11) is 0. The van der Waals surface area contributed by atoms with Gasteiger partial charge in [-0.25, -0.2) is 0 Å². The minimum Gasteiger partial charge on any atom is -0.308 e. The summed E-state index contributed by atoms with van der Waals surface area (Å²) in [6.45, 7) is 0. The molecule has 2 atom stereocenters. The summed E-state index contributed by atoms with van der Waals surface area (Å²) >= 11 is 14.1. The van der Waals surface area contributed by atoms with Crippen LogP contribution in [0, 0.1) is 0 Å². The molecule has 0 spiro atoms. The van der Waals surface area contributed by atoms with Crippen molar-refractivity contribution in [3.05, 3.63) is 176 Å². The Morgan fingerprint density at radius 1 is 0.340 bits per heavy atom. The van der Waals surface area contributed by atoms with E-state index in [9.17, 15) is 0 Å². The third kappa shape index (κ3) is 4.28. The van der Waals surface area contributed by atoms with Crippen molar-refractivity contribution in [3.8, 4) is 22.3 Å². The molecule has 9 rings (SSSR count). The lowest BCUT2D eigenvalue weighted by atomic mass is 10.0. The van der Waals surface area contributed by atoms with Gasteiger partial charge < -0.3 is 4.90 Å². The normalized spacial score (nSPS) is 18.9. The van der Waals surface area contributed by atoms with E-state index in [1.165, 1.54) is 59.8 Å². The molecule has 0 aliphatic carbocycles. The molecule has 5 heteroatoms. The van der Waals surface area contributed by atoms with Crippen LogP contribution in [0.1, 0.15) is 0 Å². The summed E-state index contributed by atoms with van der Waals surface area (Å²) in [6.07, 6.45) is 0. The van der Waals surface area contributed by atoms with Gasteiger partial charge in [-0.3, -0.25) is 0 Å². The van der Waals surface area contributed by atoms with E-state index in [1.54, 1.807) is 0 Å². The summed E-state index contributed by atoms with van der Waals surface area (Å²) in [6, 6.07) is 58.6. The van der Waals surface area contributed by atoms with Gasteiger partial charge in [-0.2, -0.15) is 0 Å². The fourth-order valence-electron chi connectivity index (χ4n) is 7.28. The van der Waals surface area contributed by atoms with E-state index >= 15 is 0 Å². The first-order valence-corrected chi connectivity index (χ1v) is 21.3. The summed E-state index contributed by atoms with van der Waals surface area (Å²) in [4.78, 5) is 2.51. The SMILES string of the molecule is S=P1(c2ccccc2)c2ccc(-c3ccccc3)cc2N2c3cc(-c4ccccc4)ccc3P(=S)(c3ccccc3)c3cccc1c32. The molecule has 2 aliphatic heterocycles. The van der Waals surface area contributed by atoms with Crippen LogP contribution in [0.25, 0.3) is 22.3 Å². The number of hydrogen-bond acceptors (Lipinski definition) is 3. The van der Waals surface area contributed by atoms with E-state index in [-0.39, 0.29) is 0 Å². The van der Waals surface area contributed by atoms with Gasteiger partial charge in [0.25, 0.3) is 0 Å². The smallest absolute Gasteiger partial charge is 0.0643 e. The van der Waals surface area contributed by atoms with E-state index in [2.05, 4.69) is 181 Å². The molecule has 0 amide bonds. The van der Waals surface area contributed by atoms with Gasteiger partial charge in [-0.05, 0) is 45.0 Å². The minimum absolute atomic E-state index is 1.15. The Hall–Kier alpha value is -4.36. The maximum absolute atomic E-state index is 7.03. The van der Waals surface area contributed by atoms with Crippen molar-refractivity contribution in [2.75, 3.05) is 4.90 Å². The van der Waals surface area contributed by atoms with E-state index in [4.69, 9.17) is 23.6 Å². The second-order valence-corrected chi connectivity index (χ2v) is 20.7. The molecule has 0 radical (unpaired) electrons. The standard InChI is InChI=1S/C42H29NP2S2/c46-44(34-18-9-3-10-19-34)38-26-24-32(30-14-5-1-6-15-30)28-36(38)43-37-29-33(31-16-7-2-8-17-31)25-27-39(37)45(47,35-20-11-4-12-21-35)41-23-13-22-40(44)42(41)43/h1-29H. The van der Waals surface area contributed by atoms with Crippen LogP contribution < -0.4 is 36.7 Å². The summed E-state index contributed by atoms with van der Waals surface area (Å²) in [5.41, 5.74) is 8.21. The average Bonchev–Trinajstić information content (AvgIpc) is 3.15. The van der Waals surface area contributed by atoms with Crippen LogP contribution >= 0.6 is 12.1 Å². The second-order valence-electron chi connectivity index (χ2n) is 12.0. The monoisotopic (exact) mass is 673 g/mol. The molecule has 2 unspecified atom stereocenters. The molecule has 224 valence electrons. The Labute approximate surface area is 286 Å². The minimum atomic E-state index is -2.47. The van der Waals surface area contributed by atoms with Gasteiger partial charge in [0.2, 0.25) is 0 Å². The molecule has 7 aromatic carbocycles. The van der Waals surface area contributed by atoms with Gasteiger partial charge in [0, 0.05) is 33.3 Å². The van der Waals surface area contributed by atoms with Crippen molar-refractivity contribution in [3.63, 3.8) is 0 Å². The van der Waals surface area contributed by atoms with Crippen molar-refractivity contribution in [1.82, 2.24) is 0 Å². The number of fused-ring (bicyclic) bond motifs is 4. The predicted molar refractivity (Wildman–Crippen MR) is 211 cm³/mol. The van der Waals surface area contributed by atoms with Crippen LogP contribution in [-0.2, 0) is 23.6 Å². The second kappa shape index (κ2) is 11.1. The highest BCUT2D eigenvalue weighted by Crippen LogP contribution is 2.61. The van der Waals surface area contributed by atoms with Crippen molar-refractivity contribution < 1.29 is 0 Å². The van der Waals surface area contributed by atoms with Gasteiger partial charge >= 0.3 is 0 Å². The van der Waals surface area contributed by atoms with Gasteiger partial charge in [0.05, 0.1) is 17.1 Å². The van der Waals surface area contributed by atoms with Crippen LogP contribution in [0.3, 0.4) is 0 Å². The Kier molecular flexibility index (Phi) is 6.82. The Balaban J connectivity index is 1.43. The molecule has 0 bridgehead atoms. The molecule has 0 saturated heterocycles. The van der Waals surface area contributed by atoms with Crippen LogP contribution in [0.2, 0.25) is 0 Å². The van der Waals surface area contributed by atoms with Gasteiger partial charge in [0.15, 0.2) is 0 Å². The van der Waals surface area contributed by atoms with Crippen LogP contribution in [-0.4, -0.2) is 0 Å². The first-order valence-electron chi connectivity index (χ1n) is 15.7. The topological polar surface area (TPSA) is 3.24 Å². The number of rotatable bonds is 4. The molecule has 0 aromatic heterocycles. The molecule has 47 heavy (non-hydrogen) atoms.